The Labute approximate surface area is 109 Å². The summed E-state index contributed by atoms with van der Waals surface area (Å²) >= 11 is 0. The van der Waals surface area contributed by atoms with Crippen LogP contribution < -0.4 is 0 Å². The summed E-state index contributed by atoms with van der Waals surface area (Å²) in [5, 5.41) is 8.47. The van der Waals surface area contributed by atoms with Gasteiger partial charge in [0.2, 0.25) is 0 Å². The van der Waals surface area contributed by atoms with Crippen molar-refractivity contribution in [2.24, 2.45) is 0 Å². The van der Waals surface area contributed by atoms with Crippen molar-refractivity contribution in [2.45, 2.75) is 31.8 Å². The SMILES string of the molecule is OCCOCCOCCOCCOC1CCCC1. The van der Waals surface area contributed by atoms with Crippen molar-refractivity contribution in [2.75, 3.05) is 52.9 Å². The molecular weight excluding hydrogens is 236 g/mol. The molecule has 0 spiro atoms. The van der Waals surface area contributed by atoms with Crippen molar-refractivity contribution >= 4 is 0 Å². The minimum absolute atomic E-state index is 0.0596. The Morgan fingerprint density at radius 1 is 0.722 bits per heavy atom. The number of hydrogen-bond donors (Lipinski definition) is 1. The first-order valence-electron chi connectivity index (χ1n) is 6.89. The standard InChI is InChI=1S/C13H26O5/c14-5-6-15-7-8-16-9-10-17-11-12-18-13-3-1-2-4-13/h13-14H,1-12H2. The first kappa shape index (κ1) is 15.9. The van der Waals surface area contributed by atoms with Gasteiger partial charge in [-0.05, 0) is 12.8 Å². The summed E-state index contributed by atoms with van der Waals surface area (Å²) < 4.78 is 21.4. The van der Waals surface area contributed by atoms with Crippen molar-refractivity contribution < 1.29 is 24.1 Å². The molecule has 1 fully saturated rings. The van der Waals surface area contributed by atoms with Crippen LogP contribution in [0.15, 0.2) is 0 Å². The van der Waals surface area contributed by atoms with Crippen LogP contribution in [0.2, 0.25) is 0 Å². The summed E-state index contributed by atoms with van der Waals surface area (Å²) in [5.74, 6) is 0. The maximum absolute atomic E-state index is 8.47. The molecule has 1 aliphatic rings. The molecule has 18 heavy (non-hydrogen) atoms. The van der Waals surface area contributed by atoms with Gasteiger partial charge in [0.25, 0.3) is 0 Å². The molecule has 0 radical (unpaired) electrons. The first-order valence-corrected chi connectivity index (χ1v) is 6.89. The van der Waals surface area contributed by atoms with Crippen LogP contribution in [-0.2, 0) is 18.9 Å². The summed E-state index contributed by atoms with van der Waals surface area (Å²) in [4.78, 5) is 0. The van der Waals surface area contributed by atoms with Gasteiger partial charge < -0.3 is 24.1 Å². The molecule has 0 unspecified atom stereocenters. The van der Waals surface area contributed by atoms with E-state index in [2.05, 4.69) is 0 Å². The molecule has 5 nitrogen and oxygen atoms in total. The second-order valence-corrected chi connectivity index (χ2v) is 4.34. The predicted molar refractivity (Wildman–Crippen MR) is 67.8 cm³/mol. The highest BCUT2D eigenvalue weighted by atomic mass is 16.6. The molecule has 0 aromatic rings. The monoisotopic (exact) mass is 262 g/mol. The minimum atomic E-state index is 0.0596. The molecule has 1 saturated carbocycles. The maximum Gasteiger partial charge on any atom is 0.0704 e. The fourth-order valence-corrected chi connectivity index (χ4v) is 1.94. The van der Waals surface area contributed by atoms with E-state index in [9.17, 15) is 0 Å². The van der Waals surface area contributed by atoms with Gasteiger partial charge in [0.1, 0.15) is 0 Å². The quantitative estimate of drug-likeness (QED) is 0.531. The molecule has 0 atom stereocenters. The lowest BCUT2D eigenvalue weighted by molar-refractivity contribution is -0.0188. The number of rotatable bonds is 12. The molecule has 0 aliphatic heterocycles. The van der Waals surface area contributed by atoms with E-state index in [1.54, 1.807) is 0 Å². The number of hydrogen-bond acceptors (Lipinski definition) is 5. The van der Waals surface area contributed by atoms with Gasteiger partial charge in [-0.15, -0.1) is 0 Å². The van der Waals surface area contributed by atoms with Gasteiger partial charge in [-0.3, -0.25) is 0 Å². The van der Waals surface area contributed by atoms with E-state index in [0.717, 1.165) is 0 Å². The average Bonchev–Trinajstić information content (AvgIpc) is 2.89. The van der Waals surface area contributed by atoms with E-state index in [4.69, 9.17) is 24.1 Å². The minimum Gasteiger partial charge on any atom is -0.394 e. The van der Waals surface area contributed by atoms with E-state index in [1.807, 2.05) is 0 Å². The molecule has 0 aromatic heterocycles. The van der Waals surface area contributed by atoms with E-state index in [1.165, 1.54) is 25.7 Å². The Morgan fingerprint density at radius 2 is 1.22 bits per heavy atom. The van der Waals surface area contributed by atoms with Crippen LogP contribution >= 0.6 is 0 Å². The van der Waals surface area contributed by atoms with Crippen LogP contribution in [0.25, 0.3) is 0 Å². The third-order valence-electron chi connectivity index (χ3n) is 2.86. The fraction of sp³-hybridized carbons (Fsp3) is 1.00. The van der Waals surface area contributed by atoms with E-state index < -0.39 is 0 Å². The lowest BCUT2D eigenvalue weighted by atomic mass is 10.3. The highest BCUT2D eigenvalue weighted by molar-refractivity contribution is 4.66. The predicted octanol–water partition coefficient (Wildman–Crippen LogP) is 0.988. The first-order chi connectivity index (χ1) is 8.93. The third kappa shape index (κ3) is 8.83. The van der Waals surface area contributed by atoms with Gasteiger partial charge in [0.15, 0.2) is 0 Å². The van der Waals surface area contributed by atoms with Gasteiger partial charge >= 0.3 is 0 Å². The highest BCUT2D eigenvalue weighted by Gasteiger charge is 2.14. The molecule has 0 heterocycles. The van der Waals surface area contributed by atoms with Crippen LogP contribution in [0.5, 0.6) is 0 Å². The van der Waals surface area contributed by atoms with Gasteiger partial charge in [-0.1, -0.05) is 12.8 Å². The Bertz CT molecular complexity index is 171. The molecule has 0 bridgehead atoms. The molecule has 108 valence electrons. The third-order valence-corrected chi connectivity index (χ3v) is 2.86. The largest absolute Gasteiger partial charge is 0.394 e. The summed E-state index contributed by atoms with van der Waals surface area (Å²) in [5.41, 5.74) is 0. The second-order valence-electron chi connectivity index (χ2n) is 4.34. The van der Waals surface area contributed by atoms with Crippen molar-refractivity contribution in [3.8, 4) is 0 Å². The van der Waals surface area contributed by atoms with Crippen LogP contribution in [0.4, 0.5) is 0 Å². The summed E-state index contributed by atoms with van der Waals surface area (Å²) in [7, 11) is 0. The van der Waals surface area contributed by atoms with Crippen LogP contribution in [-0.4, -0.2) is 64.1 Å². The van der Waals surface area contributed by atoms with E-state index in [0.29, 0.717) is 52.4 Å². The normalized spacial score (nSPS) is 16.5. The molecule has 1 rings (SSSR count). The molecule has 0 saturated heterocycles. The zero-order valence-corrected chi connectivity index (χ0v) is 11.1. The summed E-state index contributed by atoms with van der Waals surface area (Å²) in [6.07, 6.45) is 5.48. The van der Waals surface area contributed by atoms with Crippen molar-refractivity contribution in [3.05, 3.63) is 0 Å². The van der Waals surface area contributed by atoms with Gasteiger partial charge in [0.05, 0.1) is 59.0 Å². The highest BCUT2D eigenvalue weighted by Crippen LogP contribution is 2.20. The number of ether oxygens (including phenoxy) is 4. The Balaban J connectivity index is 1.68. The lowest BCUT2D eigenvalue weighted by Crippen LogP contribution is -2.15. The average molecular weight is 262 g/mol. The summed E-state index contributed by atoms with van der Waals surface area (Å²) in [6.45, 7) is 3.99. The number of aliphatic hydroxyl groups is 1. The summed E-state index contributed by atoms with van der Waals surface area (Å²) in [6, 6.07) is 0. The Morgan fingerprint density at radius 3 is 1.78 bits per heavy atom. The molecule has 5 heteroatoms. The Kier molecular flexibility index (Phi) is 10.5. The van der Waals surface area contributed by atoms with Crippen LogP contribution in [0.3, 0.4) is 0 Å². The van der Waals surface area contributed by atoms with E-state index >= 15 is 0 Å². The zero-order valence-electron chi connectivity index (χ0n) is 11.1. The van der Waals surface area contributed by atoms with Crippen LogP contribution in [0.1, 0.15) is 25.7 Å². The van der Waals surface area contributed by atoms with E-state index in [-0.39, 0.29) is 6.61 Å². The number of aliphatic hydroxyl groups excluding tert-OH is 1. The van der Waals surface area contributed by atoms with Gasteiger partial charge in [0, 0.05) is 0 Å². The fourth-order valence-electron chi connectivity index (χ4n) is 1.94. The van der Waals surface area contributed by atoms with Crippen molar-refractivity contribution in [1.82, 2.24) is 0 Å². The molecule has 1 N–H and O–H groups in total. The van der Waals surface area contributed by atoms with Crippen LogP contribution in [0, 0.1) is 0 Å². The topological polar surface area (TPSA) is 57.2 Å². The second kappa shape index (κ2) is 11.9. The zero-order chi connectivity index (χ0) is 12.9. The molecule has 1 aliphatic carbocycles. The van der Waals surface area contributed by atoms with Gasteiger partial charge in [-0.2, -0.15) is 0 Å². The maximum atomic E-state index is 8.47. The molecule has 0 amide bonds. The lowest BCUT2D eigenvalue weighted by Gasteiger charge is -2.11. The van der Waals surface area contributed by atoms with Crippen molar-refractivity contribution in [1.29, 1.82) is 0 Å². The molecular formula is C13H26O5. The van der Waals surface area contributed by atoms with Gasteiger partial charge in [-0.25, -0.2) is 0 Å². The smallest absolute Gasteiger partial charge is 0.0704 e. The molecule has 0 aromatic carbocycles. The Hall–Kier alpha value is -0.200. The van der Waals surface area contributed by atoms with Crippen molar-refractivity contribution in [3.63, 3.8) is 0 Å².